The van der Waals surface area contributed by atoms with E-state index in [1.807, 2.05) is 18.2 Å². The first-order valence-corrected chi connectivity index (χ1v) is 8.25. The van der Waals surface area contributed by atoms with Crippen LogP contribution < -0.4 is 0 Å². The number of hydrogen-bond acceptors (Lipinski definition) is 2. The Morgan fingerprint density at radius 1 is 1.04 bits per heavy atom. The summed E-state index contributed by atoms with van der Waals surface area (Å²) in [6.07, 6.45) is 4.18. The van der Waals surface area contributed by atoms with Crippen molar-refractivity contribution in [3.63, 3.8) is 0 Å². The van der Waals surface area contributed by atoms with E-state index >= 15 is 0 Å². The van der Waals surface area contributed by atoms with Crippen molar-refractivity contribution in [1.29, 1.82) is 0 Å². The third-order valence-electron chi connectivity index (χ3n) is 3.91. The van der Waals surface area contributed by atoms with Crippen LogP contribution in [0.5, 0.6) is 0 Å². The number of allylic oxidation sites excluding steroid dienone is 2. The minimum Gasteiger partial charge on any atom is -0.299 e. The minimum absolute atomic E-state index is 0.183. The first kappa shape index (κ1) is 15.8. The van der Waals surface area contributed by atoms with E-state index in [9.17, 15) is 9.18 Å². The number of carbonyl (C=O) groups excluding carboxylic acids is 1. The lowest BCUT2D eigenvalue weighted by Gasteiger charge is -2.35. The van der Waals surface area contributed by atoms with E-state index in [2.05, 4.69) is 26.0 Å². The second-order valence-electron chi connectivity index (χ2n) is 5.90. The standard InChI is InChI=1S/C20H17FOS/c1-20(2)17(7-5-13-22)19(14-9-11-15(21)12-10-14)16-6-3-4-8-18(16)23-20/h3-13H,1-2H3. The lowest BCUT2D eigenvalue weighted by molar-refractivity contribution is -0.104. The van der Waals surface area contributed by atoms with Crippen LogP contribution in [-0.4, -0.2) is 11.0 Å². The van der Waals surface area contributed by atoms with Crippen LogP contribution in [0.3, 0.4) is 0 Å². The molecule has 0 bridgehead atoms. The fraction of sp³-hybridized carbons (Fsp3) is 0.150. The summed E-state index contributed by atoms with van der Waals surface area (Å²) in [6.45, 7) is 4.28. The molecule has 3 heteroatoms. The Morgan fingerprint density at radius 3 is 2.43 bits per heavy atom. The Bertz CT molecular complexity index is 801. The van der Waals surface area contributed by atoms with Gasteiger partial charge in [-0.25, -0.2) is 4.39 Å². The molecule has 0 amide bonds. The maximum Gasteiger partial charge on any atom is 0.142 e. The second kappa shape index (κ2) is 6.17. The van der Waals surface area contributed by atoms with Gasteiger partial charge in [0, 0.05) is 9.64 Å². The predicted octanol–water partition coefficient (Wildman–Crippen LogP) is 5.27. The molecule has 1 nitrogen and oxygen atoms in total. The van der Waals surface area contributed by atoms with Crippen LogP contribution in [0.4, 0.5) is 4.39 Å². The highest BCUT2D eigenvalue weighted by atomic mass is 32.2. The molecule has 1 aliphatic heterocycles. The average molecular weight is 324 g/mol. The normalized spacial score (nSPS) is 16.5. The lowest BCUT2D eigenvalue weighted by Crippen LogP contribution is -2.22. The highest BCUT2D eigenvalue weighted by Crippen LogP contribution is 2.50. The number of fused-ring (bicyclic) bond motifs is 1. The van der Waals surface area contributed by atoms with E-state index in [0.29, 0.717) is 0 Å². The largest absolute Gasteiger partial charge is 0.299 e. The Morgan fingerprint density at radius 2 is 1.74 bits per heavy atom. The molecule has 3 rings (SSSR count). The molecule has 0 N–H and O–H groups in total. The summed E-state index contributed by atoms with van der Waals surface area (Å²) in [5, 5.41) is 0. The zero-order valence-electron chi connectivity index (χ0n) is 13.0. The van der Waals surface area contributed by atoms with Crippen molar-refractivity contribution in [2.24, 2.45) is 0 Å². The van der Waals surface area contributed by atoms with Gasteiger partial charge in [0.2, 0.25) is 0 Å². The van der Waals surface area contributed by atoms with Crippen molar-refractivity contribution in [3.8, 4) is 0 Å². The van der Waals surface area contributed by atoms with Gasteiger partial charge in [0.05, 0.1) is 0 Å². The number of aldehydes is 1. The van der Waals surface area contributed by atoms with Crippen molar-refractivity contribution in [2.75, 3.05) is 0 Å². The lowest BCUT2D eigenvalue weighted by atomic mass is 9.86. The van der Waals surface area contributed by atoms with Gasteiger partial charge in [0.1, 0.15) is 12.1 Å². The van der Waals surface area contributed by atoms with E-state index in [0.717, 1.165) is 28.6 Å². The molecule has 0 saturated carbocycles. The topological polar surface area (TPSA) is 17.1 Å². The summed E-state index contributed by atoms with van der Waals surface area (Å²) in [5.41, 5.74) is 4.20. The first-order chi connectivity index (χ1) is 11.0. The Labute approximate surface area is 139 Å². The molecule has 116 valence electrons. The Hall–Kier alpha value is -2.13. The SMILES string of the molecule is CC1(C)Sc2ccccc2C(c2ccc(F)cc2)=C1C=CC=O. The smallest absolute Gasteiger partial charge is 0.142 e. The van der Waals surface area contributed by atoms with Crippen LogP contribution in [0.1, 0.15) is 25.0 Å². The van der Waals surface area contributed by atoms with Crippen molar-refractivity contribution >= 4 is 23.6 Å². The van der Waals surface area contributed by atoms with E-state index in [-0.39, 0.29) is 10.6 Å². The number of carbonyl (C=O) groups is 1. The minimum atomic E-state index is -0.253. The fourth-order valence-corrected chi connectivity index (χ4v) is 4.14. The molecule has 1 aliphatic rings. The molecule has 1 heterocycles. The third-order valence-corrected chi connectivity index (χ3v) is 5.22. The van der Waals surface area contributed by atoms with Gasteiger partial charge in [0.25, 0.3) is 0 Å². The molecule has 0 fully saturated rings. The van der Waals surface area contributed by atoms with Gasteiger partial charge in [0.15, 0.2) is 0 Å². The van der Waals surface area contributed by atoms with E-state index < -0.39 is 0 Å². The van der Waals surface area contributed by atoms with Gasteiger partial charge < -0.3 is 0 Å². The van der Waals surface area contributed by atoms with E-state index in [1.54, 1.807) is 23.9 Å². The van der Waals surface area contributed by atoms with Gasteiger partial charge in [-0.2, -0.15) is 0 Å². The monoisotopic (exact) mass is 324 g/mol. The number of halogens is 1. The summed E-state index contributed by atoms with van der Waals surface area (Å²) in [7, 11) is 0. The number of benzene rings is 2. The summed E-state index contributed by atoms with van der Waals surface area (Å²) in [5.74, 6) is -0.253. The molecule has 2 aromatic rings. The maximum atomic E-state index is 13.3. The summed E-state index contributed by atoms with van der Waals surface area (Å²) in [6, 6.07) is 14.7. The first-order valence-electron chi connectivity index (χ1n) is 7.44. The third kappa shape index (κ3) is 3.02. The van der Waals surface area contributed by atoms with Crippen LogP contribution in [0, 0.1) is 5.82 Å². The second-order valence-corrected chi connectivity index (χ2v) is 7.56. The quantitative estimate of drug-likeness (QED) is 0.565. The van der Waals surface area contributed by atoms with Gasteiger partial charge in [-0.3, -0.25) is 4.79 Å². The van der Waals surface area contributed by atoms with Crippen LogP contribution >= 0.6 is 11.8 Å². The molecule has 0 unspecified atom stereocenters. The van der Waals surface area contributed by atoms with Crippen LogP contribution in [0.25, 0.3) is 5.57 Å². The summed E-state index contributed by atoms with van der Waals surface area (Å²) < 4.78 is 13.1. The molecule has 0 atom stereocenters. The van der Waals surface area contributed by atoms with Crippen LogP contribution in [0.2, 0.25) is 0 Å². The summed E-state index contributed by atoms with van der Waals surface area (Å²) >= 11 is 1.78. The van der Waals surface area contributed by atoms with Crippen LogP contribution in [0.15, 0.2) is 71.2 Å². The molecule has 0 aromatic heterocycles. The van der Waals surface area contributed by atoms with Gasteiger partial charge in [-0.15, -0.1) is 11.8 Å². The molecule has 23 heavy (non-hydrogen) atoms. The zero-order chi connectivity index (χ0) is 16.4. The van der Waals surface area contributed by atoms with Gasteiger partial charge in [-0.1, -0.05) is 36.4 Å². The van der Waals surface area contributed by atoms with Crippen molar-refractivity contribution in [1.82, 2.24) is 0 Å². The molecule has 2 aromatic carbocycles. The molecular formula is C20H17FOS. The zero-order valence-corrected chi connectivity index (χ0v) is 13.9. The predicted molar refractivity (Wildman–Crippen MR) is 94.0 cm³/mol. The molecule has 0 radical (unpaired) electrons. The maximum absolute atomic E-state index is 13.3. The highest BCUT2D eigenvalue weighted by Gasteiger charge is 2.33. The summed E-state index contributed by atoms with van der Waals surface area (Å²) in [4.78, 5) is 12.0. The van der Waals surface area contributed by atoms with E-state index in [1.165, 1.54) is 23.1 Å². The fourth-order valence-electron chi connectivity index (χ4n) is 2.89. The van der Waals surface area contributed by atoms with Gasteiger partial charge >= 0.3 is 0 Å². The Balaban J connectivity index is 2.32. The highest BCUT2D eigenvalue weighted by molar-refractivity contribution is 8.01. The van der Waals surface area contributed by atoms with Crippen LogP contribution in [-0.2, 0) is 4.79 Å². The Kier molecular flexibility index (Phi) is 4.22. The van der Waals surface area contributed by atoms with Crippen molar-refractivity contribution in [2.45, 2.75) is 23.5 Å². The van der Waals surface area contributed by atoms with E-state index in [4.69, 9.17) is 0 Å². The average Bonchev–Trinajstić information content (AvgIpc) is 2.53. The number of thioether (sulfide) groups is 1. The molecular weight excluding hydrogens is 307 g/mol. The molecule has 0 saturated heterocycles. The van der Waals surface area contributed by atoms with Crippen molar-refractivity contribution in [3.05, 3.63) is 83.2 Å². The number of hydrogen-bond donors (Lipinski definition) is 0. The molecule has 0 aliphatic carbocycles. The van der Waals surface area contributed by atoms with Gasteiger partial charge in [-0.05, 0) is 60.4 Å². The van der Waals surface area contributed by atoms with Crippen molar-refractivity contribution < 1.29 is 9.18 Å². The molecule has 0 spiro atoms. The number of rotatable bonds is 3.